The number of aliphatic hydroxyl groups excluding tert-OH is 1. The van der Waals surface area contributed by atoms with Gasteiger partial charge >= 0.3 is 5.97 Å². The maximum Gasteiger partial charge on any atom is 0.307 e. The van der Waals surface area contributed by atoms with Crippen molar-refractivity contribution in [2.75, 3.05) is 6.61 Å². The molecule has 3 aromatic carbocycles. The highest BCUT2D eigenvalue weighted by Gasteiger charge is 2.11. The summed E-state index contributed by atoms with van der Waals surface area (Å²) < 4.78 is 19.8. The molecule has 29 heavy (non-hydrogen) atoms. The van der Waals surface area contributed by atoms with Crippen molar-refractivity contribution >= 4 is 5.97 Å². The van der Waals surface area contributed by atoms with E-state index in [0.717, 1.165) is 11.1 Å². The minimum absolute atomic E-state index is 0.118. The number of hydrogen-bond donors (Lipinski definition) is 3. The van der Waals surface area contributed by atoms with Gasteiger partial charge < -0.3 is 20.7 Å². The molecule has 0 spiro atoms. The summed E-state index contributed by atoms with van der Waals surface area (Å²) in [4.78, 5) is 11.0. The number of halogens is 1. The van der Waals surface area contributed by atoms with E-state index in [1.54, 1.807) is 30.3 Å². The van der Waals surface area contributed by atoms with Crippen LogP contribution in [0.15, 0.2) is 66.7 Å². The van der Waals surface area contributed by atoms with Gasteiger partial charge in [0.1, 0.15) is 18.2 Å². The molecule has 0 aliphatic heterocycles. The van der Waals surface area contributed by atoms with Crippen LogP contribution in [-0.4, -0.2) is 22.8 Å². The van der Waals surface area contributed by atoms with E-state index >= 15 is 0 Å². The first kappa shape index (κ1) is 20.5. The molecule has 0 aliphatic carbocycles. The van der Waals surface area contributed by atoms with Gasteiger partial charge in [0.05, 0.1) is 19.1 Å². The van der Waals surface area contributed by atoms with Gasteiger partial charge in [0.15, 0.2) is 0 Å². The van der Waals surface area contributed by atoms with Crippen LogP contribution in [0.25, 0.3) is 11.1 Å². The molecule has 150 valence electrons. The van der Waals surface area contributed by atoms with E-state index in [1.165, 1.54) is 12.1 Å². The van der Waals surface area contributed by atoms with Crippen LogP contribution in [0, 0.1) is 5.82 Å². The molecule has 1 atom stereocenters. The fraction of sp³-hybridized carbons (Fsp3) is 0.174. The number of ether oxygens (including phenoxy) is 1. The van der Waals surface area contributed by atoms with Crippen LogP contribution in [0.5, 0.6) is 5.75 Å². The Labute approximate surface area is 168 Å². The second-order valence-corrected chi connectivity index (χ2v) is 6.73. The Morgan fingerprint density at radius 2 is 1.83 bits per heavy atom. The van der Waals surface area contributed by atoms with Crippen molar-refractivity contribution in [3.05, 3.63) is 89.2 Å². The summed E-state index contributed by atoms with van der Waals surface area (Å²) in [6, 6.07) is 18.3. The standard InChI is InChI=1S/C23H22FNO4/c24-20-10-18(9-19(11-20)21(25)13-26)16-6-3-4-15(8-16)14-29-22-7-2-1-5-17(22)12-23(27)28/h1-11,21,26H,12-14,25H2,(H,27,28)/t21-/m1/s1. The largest absolute Gasteiger partial charge is 0.489 e. The van der Waals surface area contributed by atoms with Crippen molar-refractivity contribution in [1.82, 2.24) is 0 Å². The van der Waals surface area contributed by atoms with E-state index in [-0.39, 0.29) is 19.6 Å². The number of benzene rings is 3. The van der Waals surface area contributed by atoms with Crippen molar-refractivity contribution in [2.24, 2.45) is 5.73 Å². The number of aliphatic hydroxyl groups is 1. The number of carboxylic acid groups (broad SMARTS) is 1. The molecule has 0 saturated heterocycles. The molecule has 0 unspecified atom stereocenters. The van der Waals surface area contributed by atoms with Gasteiger partial charge in [-0.1, -0.05) is 36.4 Å². The lowest BCUT2D eigenvalue weighted by Crippen LogP contribution is -2.14. The summed E-state index contributed by atoms with van der Waals surface area (Å²) in [5, 5.41) is 18.3. The summed E-state index contributed by atoms with van der Waals surface area (Å²) in [6.07, 6.45) is -0.118. The Bertz CT molecular complexity index is 1010. The van der Waals surface area contributed by atoms with Crippen molar-refractivity contribution in [2.45, 2.75) is 19.1 Å². The number of carbonyl (C=O) groups is 1. The maximum absolute atomic E-state index is 14.0. The Kier molecular flexibility index (Phi) is 6.59. The minimum atomic E-state index is -0.925. The first-order valence-electron chi connectivity index (χ1n) is 9.15. The van der Waals surface area contributed by atoms with Gasteiger partial charge in [0, 0.05) is 5.56 Å². The fourth-order valence-electron chi connectivity index (χ4n) is 3.05. The Hall–Kier alpha value is -3.22. The van der Waals surface area contributed by atoms with Gasteiger partial charge in [-0.15, -0.1) is 0 Å². The summed E-state index contributed by atoms with van der Waals surface area (Å²) >= 11 is 0. The first-order valence-corrected chi connectivity index (χ1v) is 9.15. The van der Waals surface area contributed by atoms with Crippen LogP contribution in [-0.2, 0) is 17.8 Å². The molecule has 3 aromatic rings. The van der Waals surface area contributed by atoms with E-state index in [4.69, 9.17) is 15.6 Å². The van der Waals surface area contributed by atoms with Crippen molar-refractivity contribution in [3.8, 4) is 16.9 Å². The topological polar surface area (TPSA) is 92.8 Å². The number of nitrogens with two attached hydrogens (primary N) is 1. The quantitative estimate of drug-likeness (QED) is 0.541. The molecule has 0 aliphatic rings. The highest BCUT2D eigenvalue weighted by molar-refractivity contribution is 5.71. The molecule has 0 fully saturated rings. The average Bonchev–Trinajstić information content (AvgIpc) is 2.72. The van der Waals surface area contributed by atoms with E-state index in [2.05, 4.69) is 0 Å². The molecule has 6 heteroatoms. The number of hydrogen-bond acceptors (Lipinski definition) is 4. The molecule has 0 bridgehead atoms. The first-order chi connectivity index (χ1) is 14.0. The fourth-order valence-corrected chi connectivity index (χ4v) is 3.05. The third-order valence-electron chi connectivity index (χ3n) is 4.51. The summed E-state index contributed by atoms with van der Waals surface area (Å²) in [7, 11) is 0. The zero-order valence-electron chi connectivity index (χ0n) is 15.7. The third-order valence-corrected chi connectivity index (χ3v) is 4.51. The number of para-hydroxylation sites is 1. The Morgan fingerprint density at radius 1 is 1.03 bits per heavy atom. The van der Waals surface area contributed by atoms with Crippen LogP contribution in [0.3, 0.4) is 0 Å². The van der Waals surface area contributed by atoms with Crippen LogP contribution in [0.1, 0.15) is 22.7 Å². The monoisotopic (exact) mass is 395 g/mol. The summed E-state index contributed by atoms with van der Waals surface area (Å²) in [5.41, 5.74) is 9.23. The molecular formula is C23H22FNO4. The molecule has 4 N–H and O–H groups in total. The van der Waals surface area contributed by atoms with Crippen LogP contribution < -0.4 is 10.5 Å². The Morgan fingerprint density at radius 3 is 2.59 bits per heavy atom. The lowest BCUT2D eigenvalue weighted by molar-refractivity contribution is -0.136. The lowest BCUT2D eigenvalue weighted by Gasteiger charge is -2.13. The van der Waals surface area contributed by atoms with Gasteiger partial charge in [0.2, 0.25) is 0 Å². The zero-order valence-corrected chi connectivity index (χ0v) is 15.7. The Balaban J connectivity index is 1.81. The van der Waals surface area contributed by atoms with Crippen molar-refractivity contribution in [1.29, 1.82) is 0 Å². The van der Waals surface area contributed by atoms with Gasteiger partial charge in [-0.25, -0.2) is 4.39 Å². The second kappa shape index (κ2) is 9.32. The molecule has 0 radical (unpaired) electrons. The number of carboxylic acids is 1. The maximum atomic E-state index is 14.0. The predicted molar refractivity (Wildman–Crippen MR) is 108 cm³/mol. The van der Waals surface area contributed by atoms with Gasteiger partial charge in [-0.05, 0) is 52.6 Å². The average molecular weight is 395 g/mol. The second-order valence-electron chi connectivity index (χ2n) is 6.73. The predicted octanol–water partition coefficient (Wildman–Crippen LogP) is 3.69. The van der Waals surface area contributed by atoms with E-state index in [1.807, 2.05) is 24.3 Å². The van der Waals surface area contributed by atoms with Gasteiger partial charge in [0.25, 0.3) is 0 Å². The molecule has 5 nitrogen and oxygen atoms in total. The van der Waals surface area contributed by atoms with E-state index in [0.29, 0.717) is 22.4 Å². The van der Waals surface area contributed by atoms with Gasteiger partial charge in [-0.3, -0.25) is 4.79 Å². The van der Waals surface area contributed by atoms with E-state index < -0.39 is 17.8 Å². The molecule has 0 aromatic heterocycles. The normalized spacial score (nSPS) is 11.8. The molecular weight excluding hydrogens is 373 g/mol. The number of rotatable bonds is 8. The SMILES string of the molecule is N[C@H](CO)c1cc(F)cc(-c2cccc(COc3ccccc3CC(=O)O)c2)c1. The molecule has 0 amide bonds. The number of aliphatic carboxylic acids is 1. The summed E-state index contributed by atoms with van der Waals surface area (Å²) in [5.74, 6) is -0.834. The summed E-state index contributed by atoms with van der Waals surface area (Å²) in [6.45, 7) is -0.0324. The molecule has 3 rings (SSSR count). The molecule has 0 saturated carbocycles. The molecule has 0 heterocycles. The zero-order chi connectivity index (χ0) is 20.8. The smallest absolute Gasteiger partial charge is 0.307 e. The lowest BCUT2D eigenvalue weighted by atomic mass is 9.98. The highest BCUT2D eigenvalue weighted by Crippen LogP contribution is 2.26. The van der Waals surface area contributed by atoms with Crippen molar-refractivity contribution < 1.29 is 24.1 Å². The van der Waals surface area contributed by atoms with Crippen LogP contribution >= 0.6 is 0 Å². The van der Waals surface area contributed by atoms with E-state index in [9.17, 15) is 14.3 Å². The minimum Gasteiger partial charge on any atom is -0.489 e. The highest BCUT2D eigenvalue weighted by atomic mass is 19.1. The van der Waals surface area contributed by atoms with Crippen LogP contribution in [0.2, 0.25) is 0 Å². The van der Waals surface area contributed by atoms with Crippen LogP contribution in [0.4, 0.5) is 4.39 Å². The third kappa shape index (κ3) is 5.40. The van der Waals surface area contributed by atoms with Crippen molar-refractivity contribution in [3.63, 3.8) is 0 Å². The van der Waals surface area contributed by atoms with Gasteiger partial charge in [-0.2, -0.15) is 0 Å².